The molecule has 4 nitrogen and oxygen atoms in total. The molecule has 0 radical (unpaired) electrons. The normalized spacial score (nSPS) is 10.2. The van der Waals surface area contributed by atoms with Gasteiger partial charge in [0.1, 0.15) is 5.75 Å². The van der Waals surface area contributed by atoms with Crippen molar-refractivity contribution >= 4 is 28.9 Å². The maximum Gasteiger partial charge on any atom is 0.312 e. The van der Waals surface area contributed by atoms with Crippen LogP contribution in [0.25, 0.3) is 0 Å². The molecular formula is C15H21NO3S. The van der Waals surface area contributed by atoms with Gasteiger partial charge in [0, 0.05) is 12.7 Å². The van der Waals surface area contributed by atoms with Gasteiger partial charge in [0.05, 0.1) is 24.1 Å². The fraction of sp³-hybridized carbons (Fsp3) is 0.467. The lowest BCUT2D eigenvalue weighted by molar-refractivity contribution is -0.141. The molecule has 0 fully saturated rings. The summed E-state index contributed by atoms with van der Waals surface area (Å²) in [5.41, 5.74) is 0.912. The number of rotatable bonds is 6. The van der Waals surface area contributed by atoms with Gasteiger partial charge in [0.25, 0.3) is 0 Å². The zero-order valence-corrected chi connectivity index (χ0v) is 13.2. The molecule has 0 aromatic heterocycles. The van der Waals surface area contributed by atoms with Crippen molar-refractivity contribution in [2.45, 2.75) is 33.3 Å². The Morgan fingerprint density at radius 2 is 1.90 bits per heavy atom. The molecule has 1 rings (SSSR count). The summed E-state index contributed by atoms with van der Waals surface area (Å²) < 4.78 is 10.5. The van der Waals surface area contributed by atoms with Crippen LogP contribution in [0.5, 0.6) is 5.75 Å². The summed E-state index contributed by atoms with van der Waals surface area (Å²) in [6, 6.07) is 7.60. The van der Waals surface area contributed by atoms with Crippen LogP contribution in [0.3, 0.4) is 0 Å². The lowest BCUT2D eigenvalue weighted by Gasteiger charge is -2.20. The quantitative estimate of drug-likeness (QED) is 0.595. The molecule has 0 saturated heterocycles. The first-order valence-corrected chi connectivity index (χ1v) is 7.03. The molecule has 1 aromatic carbocycles. The third-order valence-electron chi connectivity index (χ3n) is 2.57. The number of carbonyl (C=O) groups excluding carboxylic acids is 1. The summed E-state index contributed by atoms with van der Waals surface area (Å²) in [5, 5.41) is 0. The van der Waals surface area contributed by atoms with E-state index < -0.39 is 0 Å². The number of anilines is 1. The van der Waals surface area contributed by atoms with E-state index in [1.807, 2.05) is 45.2 Å². The number of carbonyl (C=O) groups is 1. The Hall–Kier alpha value is -1.62. The van der Waals surface area contributed by atoms with E-state index in [9.17, 15) is 4.79 Å². The Bertz CT molecular complexity index is 457. The first-order chi connectivity index (χ1) is 9.43. The van der Waals surface area contributed by atoms with Gasteiger partial charge in [-0.2, -0.15) is 0 Å². The summed E-state index contributed by atoms with van der Waals surface area (Å²) in [7, 11) is 1.83. The molecule has 5 heteroatoms. The number of ether oxygens (including phenoxy) is 2. The third kappa shape index (κ3) is 5.17. The minimum Gasteiger partial charge on any atom is -0.491 e. The number of hydrogen-bond acceptors (Lipinski definition) is 4. The van der Waals surface area contributed by atoms with E-state index in [-0.39, 0.29) is 18.5 Å². The summed E-state index contributed by atoms with van der Waals surface area (Å²) in [5.74, 6) is 0.512. The van der Waals surface area contributed by atoms with Gasteiger partial charge in [-0.1, -0.05) is 12.2 Å². The van der Waals surface area contributed by atoms with Crippen molar-refractivity contribution in [3.8, 4) is 5.75 Å². The van der Waals surface area contributed by atoms with Gasteiger partial charge in [-0.15, -0.1) is 0 Å². The minimum absolute atomic E-state index is 0.115. The summed E-state index contributed by atoms with van der Waals surface area (Å²) in [6.07, 6.45) is 0.257. The van der Waals surface area contributed by atoms with E-state index in [2.05, 4.69) is 0 Å². The number of nitrogens with zero attached hydrogens (tertiary/aromatic N) is 1. The maximum atomic E-state index is 11.4. The zero-order valence-electron chi connectivity index (χ0n) is 12.4. The predicted molar refractivity (Wildman–Crippen MR) is 84.5 cm³/mol. The third-order valence-corrected chi connectivity index (χ3v) is 2.99. The standard InChI is InChI=1S/C15H21NO3S/c1-5-18-15(17)10-14(20)16(4)12-6-8-13(9-7-12)19-11(2)3/h6-9,11H,5,10H2,1-4H3. The Labute approximate surface area is 125 Å². The van der Waals surface area contributed by atoms with Gasteiger partial charge in [-0.05, 0) is 45.0 Å². The van der Waals surface area contributed by atoms with Crippen molar-refractivity contribution in [2.75, 3.05) is 18.6 Å². The second-order valence-corrected chi connectivity index (χ2v) is 5.07. The molecule has 0 amide bonds. The zero-order chi connectivity index (χ0) is 15.1. The second-order valence-electron chi connectivity index (χ2n) is 4.60. The number of thiocarbonyl (C=S) groups is 1. The van der Waals surface area contributed by atoms with Crippen LogP contribution in [0.2, 0.25) is 0 Å². The summed E-state index contributed by atoms with van der Waals surface area (Å²) in [6.45, 7) is 6.10. The van der Waals surface area contributed by atoms with E-state index in [4.69, 9.17) is 21.7 Å². The van der Waals surface area contributed by atoms with Crippen molar-refractivity contribution in [1.29, 1.82) is 0 Å². The highest BCUT2D eigenvalue weighted by Gasteiger charge is 2.12. The van der Waals surface area contributed by atoms with Crippen LogP contribution in [0.1, 0.15) is 27.2 Å². The number of benzene rings is 1. The van der Waals surface area contributed by atoms with Crippen LogP contribution in [0.4, 0.5) is 5.69 Å². The Kier molecular flexibility index (Phi) is 6.45. The van der Waals surface area contributed by atoms with Gasteiger partial charge in [0.15, 0.2) is 0 Å². The van der Waals surface area contributed by atoms with Crippen LogP contribution in [-0.2, 0) is 9.53 Å². The highest BCUT2D eigenvalue weighted by atomic mass is 32.1. The molecule has 0 heterocycles. The van der Waals surface area contributed by atoms with Crippen molar-refractivity contribution in [1.82, 2.24) is 0 Å². The van der Waals surface area contributed by atoms with Gasteiger partial charge in [-0.3, -0.25) is 4.79 Å². The van der Waals surface area contributed by atoms with Gasteiger partial charge < -0.3 is 14.4 Å². The second kappa shape index (κ2) is 7.85. The van der Waals surface area contributed by atoms with Crippen molar-refractivity contribution < 1.29 is 14.3 Å². The number of hydrogen-bond donors (Lipinski definition) is 0. The monoisotopic (exact) mass is 295 g/mol. The Morgan fingerprint density at radius 3 is 2.40 bits per heavy atom. The smallest absolute Gasteiger partial charge is 0.312 e. The van der Waals surface area contributed by atoms with Crippen LogP contribution < -0.4 is 9.64 Å². The van der Waals surface area contributed by atoms with Crippen molar-refractivity contribution in [3.05, 3.63) is 24.3 Å². The van der Waals surface area contributed by atoms with E-state index in [0.29, 0.717) is 11.6 Å². The van der Waals surface area contributed by atoms with E-state index in [1.165, 1.54) is 0 Å². The molecular weight excluding hydrogens is 274 g/mol. The molecule has 0 N–H and O–H groups in total. The minimum atomic E-state index is -0.302. The van der Waals surface area contributed by atoms with Crippen molar-refractivity contribution in [2.24, 2.45) is 0 Å². The molecule has 0 saturated carbocycles. The van der Waals surface area contributed by atoms with Crippen LogP contribution in [0, 0.1) is 0 Å². The molecule has 0 aliphatic rings. The predicted octanol–water partition coefficient (Wildman–Crippen LogP) is 3.19. The highest BCUT2D eigenvalue weighted by Crippen LogP contribution is 2.20. The fourth-order valence-corrected chi connectivity index (χ4v) is 1.84. The molecule has 0 aliphatic heterocycles. The topological polar surface area (TPSA) is 38.8 Å². The SMILES string of the molecule is CCOC(=O)CC(=S)N(C)c1ccc(OC(C)C)cc1. The molecule has 20 heavy (non-hydrogen) atoms. The van der Waals surface area contributed by atoms with Gasteiger partial charge >= 0.3 is 5.97 Å². The van der Waals surface area contributed by atoms with E-state index in [1.54, 1.807) is 11.8 Å². The van der Waals surface area contributed by atoms with Crippen LogP contribution >= 0.6 is 12.2 Å². The Morgan fingerprint density at radius 1 is 1.30 bits per heavy atom. The lowest BCUT2D eigenvalue weighted by atomic mass is 10.2. The van der Waals surface area contributed by atoms with Gasteiger partial charge in [0.2, 0.25) is 0 Å². The number of esters is 1. The maximum absolute atomic E-state index is 11.4. The summed E-state index contributed by atoms with van der Waals surface area (Å²) in [4.78, 5) is 13.7. The van der Waals surface area contributed by atoms with Crippen LogP contribution in [-0.4, -0.2) is 30.7 Å². The molecule has 0 aliphatic carbocycles. The average Bonchev–Trinajstić information content (AvgIpc) is 2.38. The van der Waals surface area contributed by atoms with Crippen LogP contribution in [0.15, 0.2) is 24.3 Å². The largest absolute Gasteiger partial charge is 0.491 e. The molecule has 0 unspecified atom stereocenters. The first-order valence-electron chi connectivity index (χ1n) is 6.63. The highest BCUT2D eigenvalue weighted by molar-refractivity contribution is 7.80. The molecule has 0 spiro atoms. The molecule has 0 bridgehead atoms. The molecule has 110 valence electrons. The van der Waals surface area contributed by atoms with E-state index >= 15 is 0 Å². The molecule has 1 aromatic rings. The van der Waals surface area contributed by atoms with E-state index in [0.717, 1.165) is 11.4 Å². The Balaban J connectivity index is 2.64. The van der Waals surface area contributed by atoms with Gasteiger partial charge in [-0.25, -0.2) is 0 Å². The fourth-order valence-electron chi connectivity index (χ4n) is 1.62. The summed E-state index contributed by atoms with van der Waals surface area (Å²) >= 11 is 5.25. The van der Waals surface area contributed by atoms with Crippen molar-refractivity contribution in [3.63, 3.8) is 0 Å². The average molecular weight is 295 g/mol. The lowest BCUT2D eigenvalue weighted by Crippen LogP contribution is -2.27. The first kappa shape index (κ1) is 16.4. The molecule has 0 atom stereocenters.